The highest BCUT2D eigenvalue weighted by atomic mass is 16.5. The number of nitrogens with one attached hydrogen (secondary N) is 1. The Kier molecular flexibility index (Phi) is 5.33. The minimum atomic E-state index is -0.936. The second kappa shape index (κ2) is 7.22. The van der Waals surface area contributed by atoms with E-state index in [1.54, 1.807) is 6.08 Å². The molecule has 5 heteroatoms. The lowest BCUT2D eigenvalue weighted by Crippen LogP contribution is -2.50. The molecule has 1 aromatic carbocycles. The van der Waals surface area contributed by atoms with Crippen molar-refractivity contribution in [2.24, 2.45) is 0 Å². The van der Waals surface area contributed by atoms with Crippen LogP contribution in [0, 0.1) is 0 Å². The van der Waals surface area contributed by atoms with E-state index < -0.39 is 11.5 Å². The second-order valence-corrected chi connectivity index (χ2v) is 5.66. The average molecular weight is 303 g/mol. The molecule has 0 aliphatic carbocycles. The smallest absolute Gasteiger partial charge is 0.305 e. The summed E-state index contributed by atoms with van der Waals surface area (Å²) in [5.74, 6) is -1.21. The van der Waals surface area contributed by atoms with Crippen LogP contribution in [0.5, 0.6) is 0 Å². The Bertz CT molecular complexity index is 535. The number of ether oxygens (including phenoxy) is 1. The second-order valence-electron chi connectivity index (χ2n) is 5.66. The van der Waals surface area contributed by atoms with Crippen molar-refractivity contribution in [2.45, 2.75) is 30.7 Å². The van der Waals surface area contributed by atoms with Crippen molar-refractivity contribution < 1.29 is 19.4 Å². The first-order valence-electron chi connectivity index (χ1n) is 7.33. The van der Waals surface area contributed by atoms with Crippen molar-refractivity contribution in [2.75, 3.05) is 13.2 Å². The van der Waals surface area contributed by atoms with Gasteiger partial charge in [0.2, 0.25) is 5.91 Å². The molecule has 0 saturated carbocycles. The highest BCUT2D eigenvalue weighted by Gasteiger charge is 2.38. The first-order valence-corrected chi connectivity index (χ1v) is 7.33. The van der Waals surface area contributed by atoms with E-state index in [9.17, 15) is 9.59 Å². The number of allylic oxidation sites excluding steroid dienone is 1. The van der Waals surface area contributed by atoms with Gasteiger partial charge in [0.1, 0.15) is 0 Å². The summed E-state index contributed by atoms with van der Waals surface area (Å²) in [6, 6.07) is 9.65. The van der Waals surface area contributed by atoms with Gasteiger partial charge in [-0.25, -0.2) is 0 Å². The molecule has 2 rings (SSSR count). The highest BCUT2D eigenvalue weighted by molar-refractivity contribution is 5.79. The largest absolute Gasteiger partial charge is 0.481 e. The van der Waals surface area contributed by atoms with Crippen LogP contribution in [0.1, 0.15) is 30.7 Å². The van der Waals surface area contributed by atoms with Crippen LogP contribution in [-0.4, -0.2) is 35.7 Å². The normalized spacial score (nSPS) is 22.0. The number of carbonyl (C=O) groups is 2. The zero-order chi connectivity index (χ0) is 16.0. The number of carbonyl (C=O) groups excluding carboxylic acids is 1. The van der Waals surface area contributed by atoms with E-state index in [0.29, 0.717) is 13.0 Å². The maximum absolute atomic E-state index is 12.3. The zero-order valence-electron chi connectivity index (χ0n) is 12.5. The third-order valence-corrected chi connectivity index (χ3v) is 3.92. The molecular formula is C17H21NO4. The first kappa shape index (κ1) is 16.2. The molecular weight excluding hydrogens is 282 g/mol. The molecule has 0 bridgehead atoms. The lowest BCUT2D eigenvalue weighted by Gasteiger charge is -2.27. The molecule has 2 unspecified atom stereocenters. The summed E-state index contributed by atoms with van der Waals surface area (Å²) < 4.78 is 5.28. The van der Waals surface area contributed by atoms with Crippen molar-refractivity contribution in [1.82, 2.24) is 5.32 Å². The molecule has 1 amide bonds. The van der Waals surface area contributed by atoms with Gasteiger partial charge in [0.05, 0.1) is 18.6 Å². The topological polar surface area (TPSA) is 75.6 Å². The fraction of sp³-hybridized carbons (Fsp3) is 0.412. The Morgan fingerprint density at radius 1 is 1.41 bits per heavy atom. The van der Waals surface area contributed by atoms with Crippen LogP contribution in [-0.2, 0) is 14.3 Å². The fourth-order valence-electron chi connectivity index (χ4n) is 2.76. The summed E-state index contributed by atoms with van der Waals surface area (Å²) in [5.41, 5.74) is 0.230. The lowest BCUT2D eigenvalue weighted by atomic mass is 9.92. The molecule has 1 heterocycles. The molecule has 1 saturated heterocycles. The monoisotopic (exact) mass is 303 g/mol. The molecule has 22 heavy (non-hydrogen) atoms. The van der Waals surface area contributed by atoms with Gasteiger partial charge in [-0.3, -0.25) is 9.59 Å². The molecule has 2 N–H and O–H groups in total. The van der Waals surface area contributed by atoms with Gasteiger partial charge in [0.25, 0.3) is 0 Å². The van der Waals surface area contributed by atoms with Gasteiger partial charge >= 0.3 is 5.97 Å². The summed E-state index contributed by atoms with van der Waals surface area (Å²) in [5, 5.41) is 11.9. The molecule has 1 aliphatic heterocycles. The summed E-state index contributed by atoms with van der Waals surface area (Å²) in [4.78, 5) is 23.3. The quantitative estimate of drug-likeness (QED) is 0.756. The Morgan fingerprint density at radius 2 is 2.14 bits per heavy atom. The van der Waals surface area contributed by atoms with Crippen molar-refractivity contribution in [3.8, 4) is 0 Å². The van der Waals surface area contributed by atoms with E-state index in [4.69, 9.17) is 9.84 Å². The predicted octanol–water partition coefficient (Wildman–Crippen LogP) is 2.10. The van der Waals surface area contributed by atoms with Crippen molar-refractivity contribution in [3.63, 3.8) is 0 Å². The molecule has 2 atom stereocenters. The third-order valence-electron chi connectivity index (χ3n) is 3.92. The minimum Gasteiger partial charge on any atom is -0.481 e. The van der Waals surface area contributed by atoms with E-state index >= 15 is 0 Å². The zero-order valence-corrected chi connectivity index (χ0v) is 12.5. The van der Waals surface area contributed by atoms with Gasteiger partial charge < -0.3 is 15.2 Å². The van der Waals surface area contributed by atoms with Crippen LogP contribution in [0.2, 0.25) is 0 Å². The van der Waals surface area contributed by atoms with E-state index in [1.165, 1.54) is 0 Å². The molecule has 0 aromatic heterocycles. The Hall–Kier alpha value is -2.14. The number of carboxylic acid groups (broad SMARTS) is 1. The summed E-state index contributed by atoms with van der Waals surface area (Å²) in [6.07, 6.45) is 2.39. The van der Waals surface area contributed by atoms with Crippen molar-refractivity contribution in [1.29, 1.82) is 0 Å². The molecule has 1 fully saturated rings. The maximum atomic E-state index is 12.3. The number of benzene rings is 1. The van der Waals surface area contributed by atoms with Crippen LogP contribution in [0.4, 0.5) is 0 Å². The van der Waals surface area contributed by atoms with Crippen molar-refractivity contribution in [3.05, 3.63) is 48.6 Å². The molecule has 1 aromatic rings. The Labute approximate surface area is 130 Å². The number of rotatable bonds is 7. The maximum Gasteiger partial charge on any atom is 0.305 e. The molecule has 118 valence electrons. The SMILES string of the molecule is C=CC(CC(=O)NC1(CC(=O)O)CCOC1)c1ccccc1. The Balaban J connectivity index is 2.01. The van der Waals surface area contributed by atoms with Gasteiger partial charge in [0.15, 0.2) is 0 Å². The molecule has 0 radical (unpaired) electrons. The minimum absolute atomic E-state index is 0.0922. The van der Waals surface area contributed by atoms with Crippen LogP contribution in [0.15, 0.2) is 43.0 Å². The van der Waals surface area contributed by atoms with Crippen LogP contribution >= 0.6 is 0 Å². The summed E-state index contributed by atoms with van der Waals surface area (Å²) in [7, 11) is 0. The number of hydrogen-bond acceptors (Lipinski definition) is 3. The van der Waals surface area contributed by atoms with E-state index in [2.05, 4.69) is 11.9 Å². The summed E-state index contributed by atoms with van der Waals surface area (Å²) >= 11 is 0. The first-order chi connectivity index (χ1) is 10.5. The number of hydrogen-bond donors (Lipinski definition) is 2. The van der Waals surface area contributed by atoms with Gasteiger partial charge in [-0.2, -0.15) is 0 Å². The standard InChI is InChI=1S/C17H21NO4/c1-2-13(14-6-4-3-5-7-14)10-15(19)18-17(11-16(20)21)8-9-22-12-17/h2-7,13H,1,8-12H2,(H,18,19)(H,20,21). The Morgan fingerprint density at radius 3 is 2.68 bits per heavy atom. The number of aliphatic carboxylic acids is 1. The fourth-order valence-corrected chi connectivity index (χ4v) is 2.76. The van der Waals surface area contributed by atoms with Gasteiger partial charge in [0, 0.05) is 18.9 Å². The lowest BCUT2D eigenvalue weighted by molar-refractivity contribution is -0.139. The van der Waals surface area contributed by atoms with Crippen LogP contribution < -0.4 is 5.32 Å². The van der Waals surface area contributed by atoms with Gasteiger partial charge in [-0.1, -0.05) is 36.4 Å². The summed E-state index contributed by atoms with van der Waals surface area (Å²) in [6.45, 7) is 4.50. The molecule has 1 aliphatic rings. The molecule has 0 spiro atoms. The number of carboxylic acids is 1. The predicted molar refractivity (Wildman–Crippen MR) is 82.6 cm³/mol. The highest BCUT2D eigenvalue weighted by Crippen LogP contribution is 2.25. The van der Waals surface area contributed by atoms with Gasteiger partial charge in [-0.05, 0) is 12.0 Å². The van der Waals surface area contributed by atoms with Crippen molar-refractivity contribution >= 4 is 11.9 Å². The van der Waals surface area contributed by atoms with Crippen LogP contribution in [0.25, 0.3) is 0 Å². The van der Waals surface area contributed by atoms with Crippen LogP contribution in [0.3, 0.4) is 0 Å². The average Bonchev–Trinajstić information content (AvgIpc) is 2.92. The number of amides is 1. The molecule has 5 nitrogen and oxygen atoms in total. The van der Waals surface area contributed by atoms with Gasteiger partial charge in [-0.15, -0.1) is 6.58 Å². The van der Waals surface area contributed by atoms with E-state index in [1.807, 2.05) is 30.3 Å². The third kappa shape index (κ3) is 4.18. The van der Waals surface area contributed by atoms with E-state index in [0.717, 1.165) is 5.56 Å². The van der Waals surface area contributed by atoms with E-state index in [-0.39, 0.29) is 31.3 Å².